The summed E-state index contributed by atoms with van der Waals surface area (Å²) in [6.45, 7) is 2.39. The summed E-state index contributed by atoms with van der Waals surface area (Å²) in [6, 6.07) is 7.58. The van der Waals surface area contributed by atoms with E-state index in [0.29, 0.717) is 12.1 Å². The number of rotatable bonds is 3. The van der Waals surface area contributed by atoms with Crippen molar-refractivity contribution < 1.29 is 4.79 Å². The molecule has 1 heterocycles. The number of anilines is 1. The summed E-state index contributed by atoms with van der Waals surface area (Å²) < 4.78 is 0.941. The molecule has 0 atom stereocenters. The van der Waals surface area contributed by atoms with Crippen LogP contribution in [-0.2, 0) is 6.42 Å². The average molecular weight is 363 g/mol. The lowest BCUT2D eigenvalue weighted by Crippen LogP contribution is -2.12. The highest BCUT2D eigenvalue weighted by Crippen LogP contribution is 2.23. The van der Waals surface area contributed by atoms with Crippen LogP contribution in [-0.4, -0.2) is 12.5 Å². The van der Waals surface area contributed by atoms with E-state index in [1.807, 2.05) is 36.6 Å². The fourth-order valence-electron chi connectivity index (χ4n) is 1.86. The van der Waals surface area contributed by atoms with E-state index < -0.39 is 0 Å². The molecule has 21 heavy (non-hydrogen) atoms. The van der Waals surface area contributed by atoms with E-state index in [0.717, 1.165) is 27.0 Å². The SMILES string of the molecule is CCc1cc(C#CCN)ccc1NC(=O)c1csc(Br)c1. The first kappa shape index (κ1) is 15.8. The highest BCUT2D eigenvalue weighted by molar-refractivity contribution is 9.11. The number of nitrogens with two attached hydrogens (primary N) is 1. The predicted molar refractivity (Wildman–Crippen MR) is 91.7 cm³/mol. The largest absolute Gasteiger partial charge is 0.322 e. The van der Waals surface area contributed by atoms with Crippen molar-refractivity contribution in [2.45, 2.75) is 13.3 Å². The fourth-order valence-corrected chi connectivity index (χ4v) is 3.00. The van der Waals surface area contributed by atoms with Crippen LogP contribution in [0.4, 0.5) is 5.69 Å². The number of aryl methyl sites for hydroxylation is 1. The van der Waals surface area contributed by atoms with E-state index in [2.05, 4.69) is 33.1 Å². The first-order valence-electron chi connectivity index (χ1n) is 6.51. The number of halogens is 1. The lowest BCUT2D eigenvalue weighted by Gasteiger charge is -2.09. The molecule has 5 heteroatoms. The molecule has 108 valence electrons. The minimum atomic E-state index is -0.104. The van der Waals surface area contributed by atoms with Crippen molar-refractivity contribution in [1.29, 1.82) is 0 Å². The number of benzene rings is 1. The second-order valence-electron chi connectivity index (χ2n) is 4.32. The van der Waals surface area contributed by atoms with E-state index in [1.54, 1.807) is 0 Å². The molecule has 0 aliphatic carbocycles. The van der Waals surface area contributed by atoms with Gasteiger partial charge in [-0.1, -0.05) is 18.8 Å². The van der Waals surface area contributed by atoms with Gasteiger partial charge in [-0.15, -0.1) is 11.3 Å². The summed E-state index contributed by atoms with van der Waals surface area (Å²) in [5.74, 6) is 5.73. The Bertz CT molecular complexity index is 713. The Kier molecular flexibility index (Phi) is 5.57. The number of carbonyl (C=O) groups is 1. The number of thiophene rings is 1. The molecule has 0 saturated heterocycles. The second-order valence-corrected chi connectivity index (χ2v) is 6.62. The van der Waals surface area contributed by atoms with E-state index in [4.69, 9.17) is 5.73 Å². The normalized spacial score (nSPS) is 9.86. The fraction of sp³-hybridized carbons (Fsp3) is 0.188. The monoisotopic (exact) mass is 362 g/mol. The van der Waals surface area contributed by atoms with Crippen LogP contribution in [0.2, 0.25) is 0 Å². The van der Waals surface area contributed by atoms with Crippen LogP contribution in [0.5, 0.6) is 0 Å². The molecule has 3 nitrogen and oxygen atoms in total. The van der Waals surface area contributed by atoms with Crippen LogP contribution in [0.15, 0.2) is 33.4 Å². The smallest absolute Gasteiger partial charge is 0.256 e. The summed E-state index contributed by atoms with van der Waals surface area (Å²) in [7, 11) is 0. The van der Waals surface area contributed by atoms with Crippen molar-refractivity contribution in [3.8, 4) is 11.8 Å². The highest BCUT2D eigenvalue weighted by Gasteiger charge is 2.10. The van der Waals surface area contributed by atoms with Gasteiger partial charge in [-0.05, 0) is 52.2 Å². The molecule has 2 aromatic rings. The summed E-state index contributed by atoms with van der Waals surface area (Å²) in [5, 5.41) is 4.77. The van der Waals surface area contributed by atoms with Crippen LogP contribution in [0.25, 0.3) is 0 Å². The van der Waals surface area contributed by atoms with Crippen LogP contribution in [0.3, 0.4) is 0 Å². The number of hydrogen-bond acceptors (Lipinski definition) is 3. The second kappa shape index (κ2) is 7.41. The molecular formula is C16H15BrN2OS. The van der Waals surface area contributed by atoms with Crippen LogP contribution in [0.1, 0.15) is 28.4 Å². The van der Waals surface area contributed by atoms with Crippen LogP contribution in [0, 0.1) is 11.8 Å². The minimum Gasteiger partial charge on any atom is -0.322 e. The summed E-state index contributed by atoms with van der Waals surface area (Å²) in [4.78, 5) is 12.2. The zero-order valence-electron chi connectivity index (χ0n) is 11.6. The molecule has 0 unspecified atom stereocenters. The van der Waals surface area contributed by atoms with Gasteiger partial charge in [-0.25, -0.2) is 0 Å². The molecule has 0 spiro atoms. The predicted octanol–water partition coefficient (Wildman–Crippen LogP) is 3.64. The number of carbonyl (C=O) groups excluding carboxylic acids is 1. The Balaban J connectivity index is 2.21. The molecule has 0 radical (unpaired) electrons. The average Bonchev–Trinajstić information content (AvgIpc) is 2.92. The van der Waals surface area contributed by atoms with Gasteiger partial charge in [0.15, 0.2) is 0 Å². The van der Waals surface area contributed by atoms with Crippen molar-refractivity contribution >= 4 is 38.9 Å². The Morgan fingerprint density at radius 1 is 1.43 bits per heavy atom. The van der Waals surface area contributed by atoms with Gasteiger partial charge in [0.2, 0.25) is 0 Å². The van der Waals surface area contributed by atoms with Crippen molar-refractivity contribution in [3.05, 3.63) is 50.1 Å². The third-order valence-electron chi connectivity index (χ3n) is 2.90. The van der Waals surface area contributed by atoms with E-state index >= 15 is 0 Å². The van der Waals surface area contributed by atoms with Gasteiger partial charge < -0.3 is 11.1 Å². The third kappa shape index (κ3) is 4.18. The van der Waals surface area contributed by atoms with Crippen molar-refractivity contribution in [3.63, 3.8) is 0 Å². The molecule has 0 aliphatic heterocycles. The lowest BCUT2D eigenvalue weighted by molar-refractivity contribution is 0.102. The summed E-state index contributed by atoms with van der Waals surface area (Å²) in [6.07, 6.45) is 0.821. The quantitative estimate of drug-likeness (QED) is 0.819. The molecule has 1 aromatic heterocycles. The summed E-state index contributed by atoms with van der Waals surface area (Å²) in [5.41, 5.74) is 8.82. The maximum atomic E-state index is 12.2. The van der Waals surface area contributed by atoms with Crippen LogP contribution < -0.4 is 11.1 Å². The molecule has 3 N–H and O–H groups in total. The van der Waals surface area contributed by atoms with E-state index in [-0.39, 0.29) is 5.91 Å². The number of amides is 1. The lowest BCUT2D eigenvalue weighted by atomic mass is 10.1. The van der Waals surface area contributed by atoms with Crippen LogP contribution >= 0.6 is 27.3 Å². The molecular weight excluding hydrogens is 348 g/mol. The van der Waals surface area contributed by atoms with Gasteiger partial charge in [0, 0.05) is 16.6 Å². The molecule has 0 fully saturated rings. The van der Waals surface area contributed by atoms with Gasteiger partial charge in [0.1, 0.15) is 0 Å². The van der Waals surface area contributed by atoms with Gasteiger partial charge >= 0.3 is 0 Å². The standard InChI is InChI=1S/C16H15BrN2OS/c1-2-12-8-11(4-3-7-18)5-6-14(12)19-16(20)13-9-15(17)21-10-13/h5-6,8-10H,2,7,18H2,1H3,(H,19,20). The Morgan fingerprint density at radius 3 is 2.86 bits per heavy atom. The van der Waals surface area contributed by atoms with Gasteiger partial charge in [0.25, 0.3) is 5.91 Å². The molecule has 1 aromatic carbocycles. The number of nitrogens with one attached hydrogen (secondary N) is 1. The van der Waals surface area contributed by atoms with Gasteiger partial charge in [0.05, 0.1) is 15.9 Å². The minimum absolute atomic E-state index is 0.104. The zero-order chi connectivity index (χ0) is 15.2. The number of hydrogen-bond donors (Lipinski definition) is 2. The third-order valence-corrected chi connectivity index (χ3v) is 4.40. The zero-order valence-corrected chi connectivity index (χ0v) is 14.0. The molecule has 0 saturated carbocycles. The van der Waals surface area contributed by atoms with Gasteiger partial charge in [-0.2, -0.15) is 0 Å². The summed E-state index contributed by atoms with van der Waals surface area (Å²) >= 11 is 4.85. The van der Waals surface area contributed by atoms with E-state index in [9.17, 15) is 4.79 Å². The van der Waals surface area contributed by atoms with Gasteiger partial charge in [-0.3, -0.25) is 4.79 Å². The van der Waals surface area contributed by atoms with Crippen molar-refractivity contribution in [2.75, 3.05) is 11.9 Å². The van der Waals surface area contributed by atoms with Crippen molar-refractivity contribution in [2.24, 2.45) is 5.73 Å². The highest BCUT2D eigenvalue weighted by atomic mass is 79.9. The molecule has 1 amide bonds. The first-order chi connectivity index (χ1) is 10.1. The van der Waals surface area contributed by atoms with E-state index in [1.165, 1.54) is 11.3 Å². The topological polar surface area (TPSA) is 55.1 Å². The maximum absolute atomic E-state index is 12.2. The Morgan fingerprint density at radius 2 is 2.24 bits per heavy atom. The molecule has 0 bridgehead atoms. The molecule has 2 rings (SSSR count). The Labute approximate surface area is 136 Å². The van der Waals surface area contributed by atoms with Crippen molar-refractivity contribution in [1.82, 2.24) is 0 Å². The first-order valence-corrected chi connectivity index (χ1v) is 8.18. The molecule has 0 aliphatic rings. The Hall–Kier alpha value is -1.61. The maximum Gasteiger partial charge on any atom is 0.256 e.